The summed E-state index contributed by atoms with van der Waals surface area (Å²) in [4.78, 5) is 54.2. The molecular weight excluding hydrogens is 388 g/mol. The van der Waals surface area contributed by atoms with Crippen molar-refractivity contribution < 1.29 is 23.9 Å². The Kier molecular flexibility index (Phi) is 6.91. The summed E-state index contributed by atoms with van der Waals surface area (Å²) in [5.41, 5.74) is 0.765. The molecule has 4 amide bonds. The first-order valence-electron chi connectivity index (χ1n) is 10.3. The molecule has 9 heteroatoms. The Labute approximate surface area is 175 Å². The van der Waals surface area contributed by atoms with Crippen LogP contribution in [0.3, 0.4) is 0 Å². The SMILES string of the molecule is CCOC(=O)N1CCN(C(=O)[C@H](C)NC(=O)[C@H]2CC(=O)N(c3ccccc3)C2)CC1. The highest BCUT2D eigenvalue weighted by Crippen LogP contribution is 2.25. The number of hydrogen-bond acceptors (Lipinski definition) is 5. The minimum atomic E-state index is -0.701. The Morgan fingerprint density at radius 3 is 2.37 bits per heavy atom. The summed E-state index contributed by atoms with van der Waals surface area (Å²) in [5.74, 6) is -1.09. The molecule has 2 heterocycles. The molecule has 0 bridgehead atoms. The highest BCUT2D eigenvalue weighted by Gasteiger charge is 2.36. The fourth-order valence-corrected chi connectivity index (χ4v) is 3.73. The van der Waals surface area contributed by atoms with Crippen molar-refractivity contribution in [2.45, 2.75) is 26.3 Å². The van der Waals surface area contributed by atoms with Gasteiger partial charge in [0.1, 0.15) is 6.04 Å². The predicted molar refractivity (Wildman–Crippen MR) is 110 cm³/mol. The molecule has 2 fully saturated rings. The zero-order chi connectivity index (χ0) is 21.7. The number of nitrogens with one attached hydrogen (secondary N) is 1. The molecule has 2 saturated heterocycles. The van der Waals surface area contributed by atoms with Crippen LogP contribution in [0.25, 0.3) is 0 Å². The lowest BCUT2D eigenvalue weighted by Gasteiger charge is -2.35. The van der Waals surface area contributed by atoms with Gasteiger partial charge in [0.2, 0.25) is 17.7 Å². The number of nitrogens with zero attached hydrogens (tertiary/aromatic N) is 3. The molecule has 3 rings (SSSR count). The molecule has 0 radical (unpaired) electrons. The molecule has 1 aromatic carbocycles. The second-order valence-electron chi connectivity index (χ2n) is 7.48. The van der Waals surface area contributed by atoms with Crippen molar-refractivity contribution in [1.82, 2.24) is 15.1 Å². The Bertz CT molecular complexity index is 792. The second-order valence-corrected chi connectivity index (χ2v) is 7.48. The third-order valence-corrected chi connectivity index (χ3v) is 5.41. The van der Waals surface area contributed by atoms with Gasteiger partial charge in [0.15, 0.2) is 0 Å². The number of carbonyl (C=O) groups excluding carboxylic acids is 4. The van der Waals surface area contributed by atoms with E-state index < -0.39 is 12.0 Å². The highest BCUT2D eigenvalue weighted by atomic mass is 16.6. The fourth-order valence-electron chi connectivity index (χ4n) is 3.73. The number of piperazine rings is 1. The smallest absolute Gasteiger partial charge is 0.409 e. The summed E-state index contributed by atoms with van der Waals surface area (Å²) in [6.07, 6.45) is -0.250. The van der Waals surface area contributed by atoms with Crippen LogP contribution in [0, 0.1) is 5.92 Å². The van der Waals surface area contributed by atoms with Gasteiger partial charge in [-0.05, 0) is 26.0 Å². The monoisotopic (exact) mass is 416 g/mol. The van der Waals surface area contributed by atoms with Crippen molar-refractivity contribution in [1.29, 1.82) is 0 Å². The molecule has 0 aromatic heterocycles. The summed E-state index contributed by atoms with van der Waals surface area (Å²) < 4.78 is 4.98. The van der Waals surface area contributed by atoms with Gasteiger partial charge in [-0.25, -0.2) is 4.79 Å². The van der Waals surface area contributed by atoms with Gasteiger partial charge in [-0.2, -0.15) is 0 Å². The van der Waals surface area contributed by atoms with Gasteiger partial charge in [-0.15, -0.1) is 0 Å². The fraction of sp³-hybridized carbons (Fsp3) is 0.524. The van der Waals surface area contributed by atoms with Crippen molar-refractivity contribution in [2.24, 2.45) is 5.92 Å². The first-order chi connectivity index (χ1) is 14.4. The van der Waals surface area contributed by atoms with Gasteiger partial charge >= 0.3 is 6.09 Å². The van der Waals surface area contributed by atoms with E-state index in [1.165, 1.54) is 0 Å². The van der Waals surface area contributed by atoms with Gasteiger partial charge in [-0.1, -0.05) is 18.2 Å². The number of anilines is 1. The average Bonchev–Trinajstić information content (AvgIpc) is 3.16. The van der Waals surface area contributed by atoms with Crippen molar-refractivity contribution in [2.75, 3.05) is 44.2 Å². The minimum Gasteiger partial charge on any atom is -0.450 e. The number of hydrogen-bond donors (Lipinski definition) is 1. The van der Waals surface area contributed by atoms with Crippen LogP contribution in [0.15, 0.2) is 30.3 Å². The van der Waals surface area contributed by atoms with E-state index in [0.717, 1.165) is 5.69 Å². The summed E-state index contributed by atoms with van der Waals surface area (Å²) in [6.45, 7) is 5.58. The van der Waals surface area contributed by atoms with Gasteiger partial charge in [-0.3, -0.25) is 14.4 Å². The molecule has 2 atom stereocenters. The Morgan fingerprint density at radius 2 is 1.73 bits per heavy atom. The van der Waals surface area contributed by atoms with E-state index >= 15 is 0 Å². The van der Waals surface area contributed by atoms with Crippen LogP contribution >= 0.6 is 0 Å². The first-order valence-corrected chi connectivity index (χ1v) is 10.3. The van der Waals surface area contributed by atoms with E-state index in [1.807, 2.05) is 30.3 Å². The van der Waals surface area contributed by atoms with Gasteiger partial charge in [0.05, 0.1) is 12.5 Å². The van der Waals surface area contributed by atoms with E-state index in [1.54, 1.807) is 28.5 Å². The van der Waals surface area contributed by atoms with Crippen LogP contribution in [0.1, 0.15) is 20.3 Å². The Balaban J connectivity index is 1.49. The van der Waals surface area contributed by atoms with E-state index in [-0.39, 0.29) is 30.2 Å². The topological polar surface area (TPSA) is 99.3 Å². The lowest BCUT2D eigenvalue weighted by atomic mass is 10.1. The number of carbonyl (C=O) groups is 4. The maximum Gasteiger partial charge on any atom is 0.409 e. The molecule has 9 nitrogen and oxygen atoms in total. The van der Waals surface area contributed by atoms with Crippen LogP contribution in [0.4, 0.5) is 10.5 Å². The molecule has 2 aliphatic heterocycles. The number of ether oxygens (including phenoxy) is 1. The van der Waals surface area contributed by atoms with E-state index in [2.05, 4.69) is 5.32 Å². The first kappa shape index (κ1) is 21.6. The second kappa shape index (κ2) is 9.60. The summed E-state index contributed by atoms with van der Waals surface area (Å²) >= 11 is 0. The zero-order valence-electron chi connectivity index (χ0n) is 17.4. The lowest BCUT2D eigenvalue weighted by Crippen LogP contribution is -2.55. The third-order valence-electron chi connectivity index (χ3n) is 5.41. The molecule has 0 spiro atoms. The molecule has 30 heavy (non-hydrogen) atoms. The quantitative estimate of drug-likeness (QED) is 0.767. The van der Waals surface area contributed by atoms with Gasteiger partial charge in [0.25, 0.3) is 0 Å². The average molecular weight is 416 g/mol. The van der Waals surface area contributed by atoms with Gasteiger partial charge < -0.3 is 24.8 Å². The normalized spacial score (nSPS) is 20.1. The molecular formula is C21H28N4O5. The summed E-state index contributed by atoms with van der Waals surface area (Å²) in [6, 6.07) is 8.53. The predicted octanol–water partition coefficient (Wildman–Crippen LogP) is 0.845. The number of amides is 4. The molecule has 1 aromatic rings. The maximum atomic E-state index is 12.7. The van der Waals surface area contributed by atoms with E-state index in [0.29, 0.717) is 39.3 Å². The minimum absolute atomic E-state index is 0.101. The Hall–Kier alpha value is -3.10. The largest absolute Gasteiger partial charge is 0.450 e. The third kappa shape index (κ3) is 4.90. The number of para-hydroxylation sites is 1. The Morgan fingerprint density at radius 1 is 1.10 bits per heavy atom. The van der Waals surface area contributed by atoms with Crippen LogP contribution in [0.2, 0.25) is 0 Å². The van der Waals surface area contributed by atoms with Crippen LogP contribution in [-0.4, -0.2) is 79.0 Å². The lowest BCUT2D eigenvalue weighted by molar-refractivity contribution is -0.138. The van der Waals surface area contributed by atoms with Crippen LogP contribution in [-0.2, 0) is 19.1 Å². The highest BCUT2D eigenvalue weighted by molar-refractivity contribution is 6.01. The van der Waals surface area contributed by atoms with E-state index in [9.17, 15) is 19.2 Å². The van der Waals surface area contributed by atoms with Crippen molar-refractivity contribution in [3.63, 3.8) is 0 Å². The molecule has 2 aliphatic rings. The number of rotatable bonds is 5. The molecule has 162 valence electrons. The van der Waals surface area contributed by atoms with Crippen molar-refractivity contribution in [3.8, 4) is 0 Å². The van der Waals surface area contributed by atoms with Gasteiger partial charge in [0, 0.05) is 44.8 Å². The maximum absolute atomic E-state index is 12.7. The standard InChI is InChI=1S/C21H28N4O5/c1-3-30-21(29)24-11-9-23(10-12-24)20(28)15(2)22-19(27)16-13-18(26)25(14-16)17-7-5-4-6-8-17/h4-8,15-16H,3,9-14H2,1-2H3,(H,22,27)/t15-,16-/m0/s1. The number of benzene rings is 1. The van der Waals surface area contributed by atoms with Crippen LogP contribution in [0.5, 0.6) is 0 Å². The van der Waals surface area contributed by atoms with Crippen molar-refractivity contribution >= 4 is 29.5 Å². The van der Waals surface area contributed by atoms with E-state index in [4.69, 9.17) is 4.74 Å². The summed E-state index contributed by atoms with van der Waals surface area (Å²) in [5, 5.41) is 2.75. The van der Waals surface area contributed by atoms with Crippen molar-refractivity contribution in [3.05, 3.63) is 30.3 Å². The molecule has 0 saturated carbocycles. The van der Waals surface area contributed by atoms with Crippen LogP contribution < -0.4 is 10.2 Å². The molecule has 0 aliphatic carbocycles. The molecule has 0 unspecified atom stereocenters. The molecule has 1 N–H and O–H groups in total. The summed E-state index contributed by atoms with van der Waals surface area (Å²) in [7, 11) is 0. The zero-order valence-corrected chi connectivity index (χ0v) is 17.4.